The molecule has 2 atom stereocenters. The molecule has 2 aromatic carbocycles. The van der Waals surface area contributed by atoms with Crippen LogP contribution in [0.25, 0.3) is 0 Å². The highest BCUT2D eigenvalue weighted by Gasteiger charge is 2.36. The van der Waals surface area contributed by atoms with Crippen LogP contribution >= 0.6 is 0 Å². The van der Waals surface area contributed by atoms with Crippen LogP contribution in [-0.4, -0.2) is 46.9 Å². The van der Waals surface area contributed by atoms with Crippen molar-refractivity contribution in [3.8, 4) is 0 Å². The second-order valence-corrected chi connectivity index (χ2v) is 9.61. The Hall–Kier alpha value is -3.88. The van der Waals surface area contributed by atoms with Gasteiger partial charge in [0.1, 0.15) is 17.7 Å². The van der Waals surface area contributed by atoms with E-state index in [4.69, 9.17) is 10.5 Å². The van der Waals surface area contributed by atoms with Gasteiger partial charge < -0.3 is 26.0 Å². The monoisotopic (exact) mass is 496 g/mol. The van der Waals surface area contributed by atoms with E-state index >= 15 is 0 Å². The summed E-state index contributed by atoms with van der Waals surface area (Å²) in [5.74, 6) is -1.84. The highest BCUT2D eigenvalue weighted by atomic mass is 16.6. The van der Waals surface area contributed by atoms with E-state index in [1.165, 1.54) is 4.90 Å². The summed E-state index contributed by atoms with van der Waals surface area (Å²) in [6, 6.07) is 12.2. The molecule has 0 aliphatic carbocycles. The van der Waals surface area contributed by atoms with Gasteiger partial charge in [-0.3, -0.25) is 14.4 Å². The number of alkyl carbamates (subject to hydrolysis) is 1. The first-order chi connectivity index (χ1) is 16.8. The molecule has 36 heavy (non-hydrogen) atoms. The predicted octanol–water partition coefficient (Wildman–Crippen LogP) is 3.60. The van der Waals surface area contributed by atoms with Gasteiger partial charge in [0.2, 0.25) is 11.8 Å². The van der Waals surface area contributed by atoms with Crippen molar-refractivity contribution >= 4 is 29.5 Å². The topological polar surface area (TPSA) is 131 Å². The first-order valence-corrected chi connectivity index (χ1v) is 11.8. The molecule has 0 saturated carbocycles. The van der Waals surface area contributed by atoms with E-state index < -0.39 is 47.9 Å². The molecule has 2 aromatic rings. The van der Waals surface area contributed by atoms with Crippen LogP contribution in [0.4, 0.5) is 10.5 Å². The number of anilines is 1. The van der Waals surface area contributed by atoms with Gasteiger partial charge in [0.25, 0.3) is 5.91 Å². The molecule has 2 unspecified atom stereocenters. The third kappa shape index (κ3) is 8.11. The lowest BCUT2D eigenvalue weighted by atomic mass is 10.0. The Morgan fingerprint density at radius 1 is 1.00 bits per heavy atom. The summed E-state index contributed by atoms with van der Waals surface area (Å²) < 4.78 is 5.26. The van der Waals surface area contributed by atoms with Crippen molar-refractivity contribution in [3.63, 3.8) is 0 Å². The second-order valence-electron chi connectivity index (χ2n) is 9.61. The highest BCUT2D eigenvalue weighted by Crippen LogP contribution is 2.26. The Balaban J connectivity index is 2.45. The molecule has 0 saturated heterocycles. The van der Waals surface area contributed by atoms with E-state index in [9.17, 15) is 19.2 Å². The standard InChI is InChI=1S/C27H36N4O5/c1-7-31(25(34)21(16-22(28)32)30-26(35)36-27(4,5)6)23(19-14-12-17(2)13-15-19)24(33)29-20-11-9-8-10-18(20)3/h8-15,21,23H,7,16H2,1-6H3,(H2,28,32)(H,29,33)(H,30,35). The number of likely N-dealkylation sites (N-methyl/N-ethyl adjacent to an activating group) is 1. The van der Waals surface area contributed by atoms with Crippen LogP contribution in [0.1, 0.15) is 56.8 Å². The number of hydrogen-bond acceptors (Lipinski definition) is 5. The summed E-state index contributed by atoms with van der Waals surface area (Å²) in [6.45, 7) is 10.7. The summed E-state index contributed by atoms with van der Waals surface area (Å²) in [7, 11) is 0. The lowest BCUT2D eigenvalue weighted by Gasteiger charge is -2.33. The number of carbonyl (C=O) groups is 4. The maximum Gasteiger partial charge on any atom is 0.408 e. The first-order valence-electron chi connectivity index (χ1n) is 11.8. The minimum atomic E-state index is -1.31. The fourth-order valence-electron chi connectivity index (χ4n) is 3.65. The van der Waals surface area contributed by atoms with Gasteiger partial charge in [-0.05, 0) is 58.7 Å². The number of aryl methyl sites for hydroxylation is 2. The van der Waals surface area contributed by atoms with Crippen LogP contribution in [0.15, 0.2) is 48.5 Å². The van der Waals surface area contributed by atoms with E-state index in [-0.39, 0.29) is 6.54 Å². The summed E-state index contributed by atoms with van der Waals surface area (Å²) >= 11 is 0. The van der Waals surface area contributed by atoms with Crippen molar-refractivity contribution in [2.24, 2.45) is 5.73 Å². The molecule has 0 fully saturated rings. The number of carbonyl (C=O) groups excluding carboxylic acids is 4. The molecule has 0 bridgehead atoms. The maximum absolute atomic E-state index is 13.7. The minimum Gasteiger partial charge on any atom is -0.444 e. The van der Waals surface area contributed by atoms with Gasteiger partial charge in [-0.15, -0.1) is 0 Å². The third-order valence-electron chi connectivity index (χ3n) is 5.37. The third-order valence-corrected chi connectivity index (χ3v) is 5.37. The van der Waals surface area contributed by atoms with E-state index in [1.807, 2.05) is 38.1 Å². The fourth-order valence-corrected chi connectivity index (χ4v) is 3.65. The zero-order valence-electron chi connectivity index (χ0n) is 21.8. The quantitative estimate of drug-likeness (QED) is 0.488. The van der Waals surface area contributed by atoms with Crippen LogP contribution in [0.5, 0.6) is 0 Å². The molecule has 9 nitrogen and oxygen atoms in total. The zero-order valence-corrected chi connectivity index (χ0v) is 21.8. The number of rotatable bonds is 9. The summed E-state index contributed by atoms with van der Waals surface area (Å²) in [5.41, 5.74) is 7.61. The SMILES string of the molecule is CCN(C(=O)C(CC(N)=O)NC(=O)OC(C)(C)C)C(C(=O)Nc1ccccc1C)c1ccc(C)cc1. The molecule has 0 radical (unpaired) electrons. The normalized spacial score (nSPS) is 12.7. The Bertz CT molecular complexity index is 1090. The van der Waals surface area contributed by atoms with E-state index in [2.05, 4.69) is 10.6 Å². The number of nitrogens with two attached hydrogens (primary N) is 1. The molecule has 4 amide bonds. The summed E-state index contributed by atoms with van der Waals surface area (Å²) in [6.07, 6.45) is -1.32. The van der Waals surface area contributed by atoms with E-state index in [0.717, 1.165) is 11.1 Å². The highest BCUT2D eigenvalue weighted by molar-refractivity contribution is 6.00. The maximum atomic E-state index is 13.7. The fraction of sp³-hybridized carbons (Fsp3) is 0.407. The van der Waals surface area contributed by atoms with Crippen molar-refractivity contribution in [1.29, 1.82) is 0 Å². The van der Waals surface area contributed by atoms with Crippen molar-refractivity contribution in [3.05, 3.63) is 65.2 Å². The first kappa shape index (κ1) is 28.4. The zero-order chi connectivity index (χ0) is 27.0. The average Bonchev–Trinajstić information content (AvgIpc) is 2.77. The lowest BCUT2D eigenvalue weighted by Crippen LogP contribution is -2.53. The Morgan fingerprint density at radius 3 is 2.14 bits per heavy atom. The molecule has 0 heterocycles. The molecular weight excluding hydrogens is 460 g/mol. The number of primary amides is 1. The van der Waals surface area contributed by atoms with Gasteiger partial charge in [0.15, 0.2) is 0 Å². The number of ether oxygens (including phenoxy) is 1. The molecule has 194 valence electrons. The Kier molecular flexibility index (Phi) is 9.60. The van der Waals surface area contributed by atoms with Crippen molar-refractivity contribution in [1.82, 2.24) is 10.2 Å². The van der Waals surface area contributed by atoms with E-state index in [0.29, 0.717) is 11.3 Å². The molecule has 9 heteroatoms. The summed E-state index contributed by atoms with van der Waals surface area (Å²) in [5, 5.41) is 5.36. The number of hydrogen-bond donors (Lipinski definition) is 3. The largest absolute Gasteiger partial charge is 0.444 e. The number of amides is 4. The van der Waals surface area contributed by atoms with Crippen molar-refractivity contribution in [2.45, 2.75) is 65.6 Å². The van der Waals surface area contributed by atoms with Gasteiger partial charge in [-0.1, -0.05) is 48.0 Å². The Morgan fingerprint density at radius 2 is 1.61 bits per heavy atom. The molecule has 4 N–H and O–H groups in total. The average molecular weight is 497 g/mol. The smallest absolute Gasteiger partial charge is 0.408 e. The number of benzene rings is 2. The molecule has 0 spiro atoms. The van der Waals surface area contributed by atoms with Crippen LogP contribution in [0.3, 0.4) is 0 Å². The number of nitrogens with one attached hydrogen (secondary N) is 2. The molecule has 0 aliphatic heterocycles. The van der Waals surface area contributed by atoms with Gasteiger partial charge in [0, 0.05) is 12.2 Å². The Labute approximate surface area is 212 Å². The predicted molar refractivity (Wildman–Crippen MR) is 138 cm³/mol. The van der Waals surface area contributed by atoms with Crippen molar-refractivity contribution < 1.29 is 23.9 Å². The molecular formula is C27H36N4O5. The summed E-state index contributed by atoms with van der Waals surface area (Å²) in [4.78, 5) is 52.8. The van der Waals surface area contributed by atoms with Gasteiger partial charge >= 0.3 is 6.09 Å². The van der Waals surface area contributed by atoms with Crippen molar-refractivity contribution in [2.75, 3.05) is 11.9 Å². The number of para-hydroxylation sites is 1. The van der Waals surface area contributed by atoms with Crippen LogP contribution in [-0.2, 0) is 19.1 Å². The molecule has 0 aromatic heterocycles. The van der Waals surface area contributed by atoms with Crippen LogP contribution < -0.4 is 16.4 Å². The van der Waals surface area contributed by atoms with Crippen LogP contribution in [0.2, 0.25) is 0 Å². The van der Waals surface area contributed by atoms with Gasteiger partial charge in [-0.25, -0.2) is 4.79 Å². The molecule has 0 aliphatic rings. The van der Waals surface area contributed by atoms with Crippen LogP contribution in [0, 0.1) is 13.8 Å². The van der Waals surface area contributed by atoms with Gasteiger partial charge in [-0.2, -0.15) is 0 Å². The lowest BCUT2D eigenvalue weighted by molar-refractivity contribution is -0.141. The second kappa shape index (κ2) is 12.2. The molecule has 2 rings (SSSR count). The van der Waals surface area contributed by atoms with E-state index in [1.54, 1.807) is 52.0 Å². The van der Waals surface area contributed by atoms with Gasteiger partial charge in [0.05, 0.1) is 6.42 Å². The minimum absolute atomic E-state index is 0.129. The number of nitrogens with zero attached hydrogens (tertiary/aromatic N) is 1.